The molecule has 44 heavy (non-hydrogen) atoms. The molecule has 0 aliphatic carbocycles. The van der Waals surface area contributed by atoms with E-state index in [9.17, 15) is 24.5 Å². The predicted octanol–water partition coefficient (Wildman–Crippen LogP) is 4.78. The van der Waals surface area contributed by atoms with Crippen LogP contribution < -0.4 is 10.4 Å². The van der Waals surface area contributed by atoms with Crippen LogP contribution in [0, 0.1) is 0 Å². The molecule has 3 heterocycles. The third-order valence-corrected chi connectivity index (χ3v) is 8.26. The van der Waals surface area contributed by atoms with Crippen LogP contribution in [-0.4, -0.2) is 59.2 Å². The maximum absolute atomic E-state index is 13.6. The zero-order chi connectivity index (χ0) is 31.9. The van der Waals surface area contributed by atoms with Crippen LogP contribution in [0.15, 0.2) is 46.4 Å². The SMILES string of the molecule is CCOc1ccn([C@@H]2O[C@@](COP3(=O)OCC[C@@H](c4cccc(Cl)c4)O3)(N=[N+]=[N-])[C@@H](OC(=O)CC)[C@H]2OC(=O)CC)c(=O)n1. The second-order valence-corrected chi connectivity index (χ2v) is 11.6. The van der Waals surface area contributed by atoms with Crippen molar-refractivity contribution in [2.24, 2.45) is 5.11 Å². The van der Waals surface area contributed by atoms with Gasteiger partial charge in [0.15, 0.2) is 18.4 Å². The van der Waals surface area contributed by atoms with Gasteiger partial charge in [-0.05, 0) is 30.2 Å². The van der Waals surface area contributed by atoms with Crippen LogP contribution in [0.3, 0.4) is 0 Å². The van der Waals surface area contributed by atoms with Crippen molar-refractivity contribution in [3.63, 3.8) is 0 Å². The van der Waals surface area contributed by atoms with E-state index in [-0.39, 0.29) is 31.9 Å². The number of azide groups is 1. The summed E-state index contributed by atoms with van der Waals surface area (Å²) in [7, 11) is -4.36. The molecule has 2 aliphatic heterocycles. The monoisotopic (exact) mass is 655 g/mol. The number of carbonyl (C=O) groups excluding carboxylic acids is 2. The molecule has 0 saturated carbocycles. The first kappa shape index (κ1) is 33.4. The molecular weight excluding hydrogens is 625 g/mol. The lowest BCUT2D eigenvalue weighted by atomic mass is 10.0. The molecule has 16 nitrogen and oxygen atoms in total. The number of ether oxygens (including phenoxy) is 4. The number of hydrogen-bond donors (Lipinski definition) is 0. The number of aromatic nitrogens is 2. The van der Waals surface area contributed by atoms with Crippen molar-refractivity contribution in [3.8, 4) is 5.88 Å². The molecule has 1 aromatic carbocycles. The number of carbonyl (C=O) groups is 2. The Labute approximate surface area is 256 Å². The van der Waals surface area contributed by atoms with E-state index in [2.05, 4.69) is 15.0 Å². The van der Waals surface area contributed by atoms with E-state index in [0.717, 1.165) is 4.57 Å². The standard InChI is InChI=1S/C26H31ClN5O11P/c1-4-20(33)40-22-23(41-21(34)5-2)26(30-31-28,42-24(22)32-12-10-19(37-6-3)29-25(32)35)15-39-44(36)38-13-11-18(43-44)16-8-7-9-17(27)14-16/h7-10,12,14,18,22-24H,4-6,11,13,15H2,1-3H3/t18-,22+,23-,24+,26+,44?/m0/s1. The second kappa shape index (κ2) is 14.5. The van der Waals surface area contributed by atoms with E-state index >= 15 is 0 Å². The third kappa shape index (κ3) is 7.59. The smallest absolute Gasteiger partial charge is 0.475 e. The molecule has 0 radical (unpaired) electrons. The highest BCUT2D eigenvalue weighted by Crippen LogP contribution is 2.58. The highest BCUT2D eigenvalue weighted by Gasteiger charge is 2.61. The first-order chi connectivity index (χ1) is 21.1. The molecule has 1 unspecified atom stereocenters. The Morgan fingerprint density at radius 1 is 1.23 bits per heavy atom. The lowest BCUT2D eigenvalue weighted by Crippen LogP contribution is -2.49. The van der Waals surface area contributed by atoms with Gasteiger partial charge in [-0.3, -0.25) is 27.7 Å². The van der Waals surface area contributed by atoms with Crippen molar-refractivity contribution >= 4 is 31.4 Å². The van der Waals surface area contributed by atoms with Crippen molar-refractivity contribution < 1.29 is 46.7 Å². The first-order valence-electron chi connectivity index (χ1n) is 13.7. The van der Waals surface area contributed by atoms with Gasteiger partial charge in [-0.15, -0.1) is 0 Å². The van der Waals surface area contributed by atoms with Crippen molar-refractivity contribution in [2.45, 2.75) is 70.3 Å². The maximum Gasteiger partial charge on any atom is 0.475 e. The van der Waals surface area contributed by atoms with Gasteiger partial charge in [-0.25, -0.2) is 9.36 Å². The molecular formula is C26H31ClN5O11P. The molecule has 1 aromatic heterocycles. The average Bonchev–Trinajstić information content (AvgIpc) is 3.28. The fourth-order valence-corrected chi connectivity index (χ4v) is 6.11. The van der Waals surface area contributed by atoms with E-state index in [1.165, 1.54) is 26.1 Å². The summed E-state index contributed by atoms with van der Waals surface area (Å²) >= 11 is 6.10. The lowest BCUT2D eigenvalue weighted by Gasteiger charge is -2.33. The van der Waals surface area contributed by atoms with Crippen LogP contribution in [0.5, 0.6) is 5.88 Å². The van der Waals surface area contributed by atoms with Gasteiger partial charge in [0.25, 0.3) is 0 Å². The summed E-state index contributed by atoms with van der Waals surface area (Å²) in [5, 5.41) is 4.16. The van der Waals surface area contributed by atoms with Gasteiger partial charge in [-0.2, -0.15) is 4.98 Å². The summed E-state index contributed by atoms with van der Waals surface area (Å²) in [6.45, 7) is 4.08. The quantitative estimate of drug-likeness (QED) is 0.0998. The van der Waals surface area contributed by atoms with E-state index in [0.29, 0.717) is 17.0 Å². The van der Waals surface area contributed by atoms with Crippen molar-refractivity contribution in [2.75, 3.05) is 19.8 Å². The minimum Gasteiger partial charge on any atom is -0.478 e. The summed E-state index contributed by atoms with van der Waals surface area (Å²) in [5.74, 6) is -1.52. The number of nitrogens with zero attached hydrogens (tertiary/aromatic N) is 5. The molecule has 2 fully saturated rings. The Hall–Kier alpha value is -3.49. The summed E-state index contributed by atoms with van der Waals surface area (Å²) in [6, 6.07) is 8.11. The van der Waals surface area contributed by atoms with Gasteiger partial charge in [0.1, 0.15) is 0 Å². The zero-order valence-corrected chi connectivity index (χ0v) is 25.7. The third-order valence-electron chi connectivity index (χ3n) is 6.57. The van der Waals surface area contributed by atoms with Crippen LogP contribution in [0.1, 0.15) is 57.9 Å². The molecule has 238 valence electrons. The average molecular weight is 656 g/mol. The molecule has 6 atom stereocenters. The minimum absolute atomic E-state index is 0.0198. The molecule has 2 aliphatic rings. The maximum atomic E-state index is 13.6. The fourth-order valence-electron chi connectivity index (χ4n) is 4.51. The molecule has 0 amide bonds. The van der Waals surface area contributed by atoms with E-state index in [1.54, 1.807) is 31.2 Å². The Morgan fingerprint density at radius 3 is 2.64 bits per heavy atom. The number of halogens is 1. The molecule has 0 spiro atoms. The molecule has 2 aromatic rings. The zero-order valence-electron chi connectivity index (χ0n) is 24.1. The molecule has 0 N–H and O–H groups in total. The number of esters is 2. The van der Waals surface area contributed by atoms with Gasteiger partial charge in [-0.1, -0.05) is 42.7 Å². The predicted molar refractivity (Wildman–Crippen MR) is 151 cm³/mol. The highest BCUT2D eigenvalue weighted by atomic mass is 35.5. The largest absolute Gasteiger partial charge is 0.478 e. The van der Waals surface area contributed by atoms with Crippen LogP contribution in [0.2, 0.25) is 5.02 Å². The number of rotatable bonds is 12. The van der Waals surface area contributed by atoms with E-state index in [4.69, 9.17) is 44.1 Å². The van der Waals surface area contributed by atoms with Gasteiger partial charge in [0, 0.05) is 41.5 Å². The van der Waals surface area contributed by atoms with Crippen molar-refractivity contribution in [1.29, 1.82) is 0 Å². The van der Waals surface area contributed by atoms with Crippen LogP contribution in [-0.2, 0) is 41.9 Å². The minimum atomic E-state index is -4.36. The molecule has 0 bridgehead atoms. The normalized spacial score (nSPS) is 28.1. The fraction of sp³-hybridized carbons (Fsp3) is 0.538. The highest BCUT2D eigenvalue weighted by molar-refractivity contribution is 7.48. The van der Waals surface area contributed by atoms with Crippen LogP contribution in [0.4, 0.5) is 0 Å². The number of phosphoric acid groups is 1. The van der Waals surface area contributed by atoms with Crippen LogP contribution >= 0.6 is 19.4 Å². The van der Waals surface area contributed by atoms with Gasteiger partial charge < -0.3 is 18.9 Å². The lowest BCUT2D eigenvalue weighted by molar-refractivity contribution is -0.173. The molecule has 18 heteroatoms. The Balaban J connectivity index is 1.72. The summed E-state index contributed by atoms with van der Waals surface area (Å²) in [6.07, 6.45) is -4.12. The first-order valence-corrected chi connectivity index (χ1v) is 15.6. The summed E-state index contributed by atoms with van der Waals surface area (Å²) < 4.78 is 53.8. The van der Waals surface area contributed by atoms with Crippen molar-refractivity contribution in [3.05, 3.63) is 68.0 Å². The van der Waals surface area contributed by atoms with Crippen molar-refractivity contribution in [1.82, 2.24) is 9.55 Å². The Morgan fingerprint density at radius 2 is 1.98 bits per heavy atom. The van der Waals surface area contributed by atoms with E-state index < -0.39 is 62.3 Å². The number of hydrogen-bond acceptors (Lipinski definition) is 13. The molecule has 2 saturated heterocycles. The van der Waals surface area contributed by atoms with Gasteiger partial charge in [0.2, 0.25) is 11.6 Å². The summed E-state index contributed by atoms with van der Waals surface area (Å²) in [5.41, 5.74) is 6.99. The molecule has 4 rings (SSSR count). The number of benzene rings is 1. The van der Waals surface area contributed by atoms with Gasteiger partial charge in [0.05, 0.1) is 25.9 Å². The topological polar surface area (TPSA) is 199 Å². The second-order valence-electron chi connectivity index (χ2n) is 9.49. The Kier molecular flexibility index (Phi) is 11.0. The summed E-state index contributed by atoms with van der Waals surface area (Å²) in [4.78, 5) is 44.8. The Bertz CT molecular complexity index is 1520. The van der Waals surface area contributed by atoms with E-state index in [1.807, 2.05) is 0 Å². The van der Waals surface area contributed by atoms with Crippen LogP contribution in [0.25, 0.3) is 10.4 Å². The number of phosphoric ester groups is 1. The van der Waals surface area contributed by atoms with Gasteiger partial charge >= 0.3 is 25.5 Å².